The lowest BCUT2D eigenvalue weighted by Gasteiger charge is -2.26. The second-order valence-electron chi connectivity index (χ2n) is 16.1. The summed E-state index contributed by atoms with van der Waals surface area (Å²) in [6.45, 7) is 0. The second-order valence-corrected chi connectivity index (χ2v) is 16.1. The van der Waals surface area contributed by atoms with Gasteiger partial charge in [0.2, 0.25) is 0 Å². The van der Waals surface area contributed by atoms with Crippen LogP contribution in [0.1, 0.15) is 0 Å². The van der Waals surface area contributed by atoms with Crippen LogP contribution in [0.15, 0.2) is 245 Å². The van der Waals surface area contributed by atoms with E-state index >= 15 is 0 Å². The minimum atomic E-state index is 0.857. The summed E-state index contributed by atoms with van der Waals surface area (Å²) in [6.07, 6.45) is 0. The van der Waals surface area contributed by atoms with E-state index in [0.29, 0.717) is 0 Å². The molecule has 0 aliphatic heterocycles. The van der Waals surface area contributed by atoms with Crippen molar-refractivity contribution in [3.63, 3.8) is 0 Å². The summed E-state index contributed by atoms with van der Waals surface area (Å²) in [5.74, 6) is 0. The summed E-state index contributed by atoms with van der Waals surface area (Å²) < 4.78 is 12.8. The fourth-order valence-electron chi connectivity index (χ4n) is 9.13. The molecule has 0 saturated heterocycles. The summed E-state index contributed by atoms with van der Waals surface area (Å²) >= 11 is 0. The van der Waals surface area contributed by atoms with E-state index in [1.165, 1.54) is 27.8 Å². The van der Waals surface area contributed by atoms with E-state index in [2.05, 4.69) is 229 Å². The molecule has 0 saturated carbocycles. The van der Waals surface area contributed by atoms with Gasteiger partial charge in [-0.15, -0.1) is 0 Å². The number of rotatable bonds is 8. The molecule has 0 bridgehead atoms. The second kappa shape index (κ2) is 15.3. The van der Waals surface area contributed by atoms with Crippen LogP contribution in [0.4, 0.5) is 17.1 Å². The summed E-state index contributed by atoms with van der Waals surface area (Å²) in [5, 5.41) is 4.45. The molecule has 0 radical (unpaired) electrons. The first-order valence-electron chi connectivity index (χ1n) is 21.4. The highest BCUT2D eigenvalue weighted by Gasteiger charge is 2.18. The molecule has 0 unspecified atom stereocenters. The van der Waals surface area contributed by atoms with Crippen molar-refractivity contribution in [2.75, 3.05) is 4.90 Å². The van der Waals surface area contributed by atoms with E-state index in [-0.39, 0.29) is 0 Å². The van der Waals surface area contributed by atoms with E-state index in [1.54, 1.807) is 0 Å². The lowest BCUT2D eigenvalue weighted by Crippen LogP contribution is -2.10. The molecule has 2 heterocycles. The van der Waals surface area contributed by atoms with Gasteiger partial charge in [0.1, 0.15) is 22.3 Å². The lowest BCUT2D eigenvalue weighted by atomic mass is 9.97. The van der Waals surface area contributed by atoms with E-state index in [4.69, 9.17) is 8.83 Å². The minimum Gasteiger partial charge on any atom is -0.456 e. The zero-order chi connectivity index (χ0) is 41.7. The number of nitrogens with zero attached hydrogens (tertiary/aromatic N) is 1. The zero-order valence-electron chi connectivity index (χ0n) is 34.3. The Hall–Kier alpha value is -8.40. The highest BCUT2D eigenvalue weighted by atomic mass is 16.3. The van der Waals surface area contributed by atoms with Crippen LogP contribution in [-0.2, 0) is 0 Å². The van der Waals surface area contributed by atoms with E-state index < -0.39 is 0 Å². The Kier molecular flexibility index (Phi) is 8.83. The van der Waals surface area contributed by atoms with Gasteiger partial charge in [-0.2, -0.15) is 0 Å². The number of hydrogen-bond donors (Lipinski definition) is 0. The van der Waals surface area contributed by atoms with Crippen molar-refractivity contribution < 1.29 is 8.83 Å². The van der Waals surface area contributed by atoms with Crippen LogP contribution in [0.2, 0.25) is 0 Å². The van der Waals surface area contributed by atoms with Crippen molar-refractivity contribution >= 4 is 60.9 Å². The fraction of sp³-hybridized carbons (Fsp3) is 0. The Bertz CT molecular complexity index is 3580. The van der Waals surface area contributed by atoms with Gasteiger partial charge in [-0.3, -0.25) is 0 Å². The van der Waals surface area contributed by atoms with E-state index in [9.17, 15) is 0 Å². The number of furan rings is 2. The average Bonchev–Trinajstić information content (AvgIpc) is 3.93. The Labute approximate surface area is 365 Å². The first-order valence-corrected chi connectivity index (χ1v) is 21.4. The van der Waals surface area contributed by atoms with E-state index in [0.717, 1.165) is 88.8 Å². The molecule has 12 aromatic rings. The summed E-state index contributed by atoms with van der Waals surface area (Å²) in [7, 11) is 0. The van der Waals surface area contributed by atoms with Crippen molar-refractivity contribution in [2.24, 2.45) is 0 Å². The van der Waals surface area contributed by atoms with Crippen molar-refractivity contribution in [1.82, 2.24) is 0 Å². The van der Waals surface area contributed by atoms with Crippen LogP contribution in [0, 0.1) is 0 Å². The molecule has 0 atom stereocenters. The molecular formula is C60H39NO2. The summed E-state index contributed by atoms with van der Waals surface area (Å²) in [5.41, 5.74) is 18.3. The van der Waals surface area contributed by atoms with Crippen LogP contribution in [0.3, 0.4) is 0 Å². The summed E-state index contributed by atoms with van der Waals surface area (Å²) in [6, 6.07) is 84.1. The van der Waals surface area contributed by atoms with Gasteiger partial charge in [-0.25, -0.2) is 0 Å². The van der Waals surface area contributed by atoms with Crippen LogP contribution < -0.4 is 4.90 Å². The monoisotopic (exact) mass is 805 g/mol. The van der Waals surface area contributed by atoms with Crippen molar-refractivity contribution in [3.05, 3.63) is 237 Å². The Balaban J connectivity index is 0.903. The molecule has 0 aliphatic rings. The SMILES string of the molecule is c1ccc(-c2ccc(-c3cccc(N(c4ccc(-c5ccccc5)cc4)c4ccc(-c5cccc6oc7cc(-c8ccc9c(c8)oc8ccccc89)ccc7c56)cc4)c3)cc2)cc1. The number of hydrogen-bond acceptors (Lipinski definition) is 3. The van der Waals surface area contributed by atoms with Crippen LogP contribution in [0.5, 0.6) is 0 Å². The molecule has 63 heavy (non-hydrogen) atoms. The molecule has 12 rings (SSSR count). The zero-order valence-corrected chi connectivity index (χ0v) is 34.3. The topological polar surface area (TPSA) is 29.5 Å². The Morgan fingerprint density at radius 1 is 0.238 bits per heavy atom. The molecule has 3 nitrogen and oxygen atoms in total. The van der Waals surface area contributed by atoms with Gasteiger partial charge < -0.3 is 13.7 Å². The Morgan fingerprint density at radius 2 is 0.667 bits per heavy atom. The largest absolute Gasteiger partial charge is 0.456 e. The molecule has 2 aromatic heterocycles. The van der Waals surface area contributed by atoms with Crippen LogP contribution in [0.25, 0.3) is 99.5 Å². The molecule has 0 spiro atoms. The van der Waals surface area contributed by atoms with Gasteiger partial charge in [0.25, 0.3) is 0 Å². The highest BCUT2D eigenvalue weighted by molar-refractivity contribution is 6.13. The number of fused-ring (bicyclic) bond motifs is 6. The average molecular weight is 806 g/mol. The van der Waals surface area contributed by atoms with Crippen molar-refractivity contribution in [3.8, 4) is 55.6 Å². The lowest BCUT2D eigenvalue weighted by molar-refractivity contribution is 0.668. The molecular weight excluding hydrogens is 767 g/mol. The maximum Gasteiger partial charge on any atom is 0.136 e. The van der Waals surface area contributed by atoms with Crippen LogP contribution >= 0.6 is 0 Å². The third kappa shape index (κ3) is 6.64. The molecule has 10 aromatic carbocycles. The molecule has 0 aliphatic carbocycles. The molecule has 0 amide bonds. The Morgan fingerprint density at radius 3 is 1.33 bits per heavy atom. The first-order chi connectivity index (χ1) is 31.2. The maximum absolute atomic E-state index is 6.58. The maximum atomic E-state index is 6.58. The van der Waals surface area contributed by atoms with Gasteiger partial charge in [-0.1, -0.05) is 164 Å². The first kappa shape index (κ1) is 36.5. The minimum absolute atomic E-state index is 0.857. The number of para-hydroxylation sites is 1. The molecule has 296 valence electrons. The number of anilines is 3. The van der Waals surface area contributed by atoms with Crippen LogP contribution in [-0.4, -0.2) is 0 Å². The predicted octanol–water partition coefficient (Wildman–Crippen LogP) is 17.3. The number of benzene rings is 10. The van der Waals surface area contributed by atoms with E-state index in [1.807, 2.05) is 12.1 Å². The third-order valence-electron chi connectivity index (χ3n) is 12.3. The molecule has 3 heteroatoms. The normalized spacial score (nSPS) is 11.5. The van der Waals surface area contributed by atoms with Gasteiger partial charge in [0.05, 0.1) is 0 Å². The van der Waals surface area contributed by atoms with Gasteiger partial charge >= 0.3 is 0 Å². The molecule has 0 fully saturated rings. The fourth-order valence-corrected chi connectivity index (χ4v) is 9.13. The quantitative estimate of drug-likeness (QED) is 0.153. The van der Waals surface area contributed by atoms with Gasteiger partial charge in [-0.05, 0) is 128 Å². The summed E-state index contributed by atoms with van der Waals surface area (Å²) in [4.78, 5) is 2.35. The van der Waals surface area contributed by atoms with Crippen molar-refractivity contribution in [2.45, 2.75) is 0 Å². The van der Waals surface area contributed by atoms with Crippen molar-refractivity contribution in [1.29, 1.82) is 0 Å². The third-order valence-corrected chi connectivity index (χ3v) is 12.3. The molecule has 0 N–H and O–H groups in total. The van der Waals surface area contributed by atoms with Gasteiger partial charge in [0, 0.05) is 38.6 Å². The highest BCUT2D eigenvalue weighted by Crippen LogP contribution is 2.42. The smallest absolute Gasteiger partial charge is 0.136 e. The standard InChI is InChI=1S/C60H39NO2/c1-3-11-40(12-4-1)42-21-23-44(24-22-42)46-15-9-16-51(37-46)61(49-31-25-43(26-32-49)41-13-5-2-6-14-41)50-33-27-45(28-34-50)52-18-10-20-57-60(52)55-36-30-48(39-59(55)63-57)47-29-35-54-53-17-7-8-19-56(53)62-58(54)38-47/h1-39H. The van der Waals surface area contributed by atoms with Gasteiger partial charge in [0.15, 0.2) is 0 Å². The predicted molar refractivity (Wildman–Crippen MR) is 263 cm³/mol.